The van der Waals surface area contributed by atoms with Crippen molar-refractivity contribution in [2.24, 2.45) is 0 Å². The van der Waals surface area contributed by atoms with Crippen LogP contribution in [-0.2, 0) is 0 Å². The molecule has 1 aromatic heterocycles. The van der Waals surface area contributed by atoms with Crippen molar-refractivity contribution in [2.75, 3.05) is 5.73 Å². The van der Waals surface area contributed by atoms with Crippen LogP contribution in [0.3, 0.4) is 0 Å². The molecular weight excluding hydrogens is 370 g/mol. The minimum atomic E-state index is -0.665. The Morgan fingerprint density at radius 2 is 2.10 bits per heavy atom. The third-order valence-corrected chi connectivity index (χ3v) is 3.76. The molecule has 2 N–H and O–H groups in total. The second kappa shape index (κ2) is 6.16. The molecule has 0 amide bonds. The van der Waals surface area contributed by atoms with E-state index < -0.39 is 11.9 Å². The number of hydrogen-bond acceptors (Lipinski definition) is 3. The molecule has 1 atom stereocenters. The maximum atomic E-state index is 13.7. The molecule has 1 aromatic carbocycles. The zero-order valence-electron chi connectivity index (χ0n) is 10.3. The van der Waals surface area contributed by atoms with Crippen molar-refractivity contribution in [1.29, 1.82) is 0 Å². The van der Waals surface area contributed by atoms with Crippen molar-refractivity contribution in [3.63, 3.8) is 0 Å². The summed E-state index contributed by atoms with van der Waals surface area (Å²) in [5.74, 6) is -0.0365. The third kappa shape index (κ3) is 3.16. The number of nitrogen functional groups attached to an aromatic ring is 1. The number of pyridine rings is 1. The molecule has 2 aromatic rings. The van der Waals surface area contributed by atoms with Crippen LogP contribution in [-0.4, -0.2) is 4.98 Å². The predicted molar refractivity (Wildman–Crippen MR) is 81.8 cm³/mol. The number of rotatable bonds is 3. The molecule has 0 aliphatic rings. The molecule has 7 heteroatoms. The zero-order valence-corrected chi connectivity index (χ0v) is 13.4. The minimum absolute atomic E-state index is 0.0328. The fourth-order valence-corrected chi connectivity index (χ4v) is 2.47. The number of anilines is 1. The highest BCUT2D eigenvalue weighted by Gasteiger charge is 2.18. The number of ether oxygens (including phenoxy) is 1. The van der Waals surface area contributed by atoms with E-state index in [0.29, 0.717) is 11.3 Å². The standard InChI is InChI=1S/C13H10BrCl2FN2O/c1-6(8-2-3-9(15)12(17)11(8)16)20-10-4-7(14)5-19-13(10)18/h2-6H,1H3,(H2,18,19). The molecule has 0 aliphatic heterocycles. The van der Waals surface area contributed by atoms with E-state index in [-0.39, 0.29) is 15.9 Å². The maximum absolute atomic E-state index is 13.7. The SMILES string of the molecule is CC(Oc1cc(Br)cnc1N)c1ccc(Cl)c(F)c1Cl. The molecule has 0 bridgehead atoms. The van der Waals surface area contributed by atoms with Crippen molar-refractivity contribution in [3.8, 4) is 5.75 Å². The van der Waals surface area contributed by atoms with E-state index in [0.717, 1.165) is 4.47 Å². The monoisotopic (exact) mass is 378 g/mol. The Kier molecular flexibility index (Phi) is 4.73. The molecular formula is C13H10BrCl2FN2O. The van der Waals surface area contributed by atoms with Gasteiger partial charge in [-0.05, 0) is 35.0 Å². The van der Waals surface area contributed by atoms with Crippen molar-refractivity contribution in [1.82, 2.24) is 4.98 Å². The van der Waals surface area contributed by atoms with E-state index in [1.807, 2.05) is 0 Å². The van der Waals surface area contributed by atoms with Crippen LogP contribution in [0.15, 0.2) is 28.9 Å². The van der Waals surface area contributed by atoms with Gasteiger partial charge in [-0.15, -0.1) is 0 Å². The van der Waals surface area contributed by atoms with Crippen molar-refractivity contribution >= 4 is 44.9 Å². The van der Waals surface area contributed by atoms with E-state index in [2.05, 4.69) is 20.9 Å². The van der Waals surface area contributed by atoms with Gasteiger partial charge in [-0.2, -0.15) is 0 Å². The van der Waals surface area contributed by atoms with Gasteiger partial charge in [-0.25, -0.2) is 9.37 Å². The van der Waals surface area contributed by atoms with Crippen molar-refractivity contribution in [3.05, 3.63) is 50.3 Å². The van der Waals surface area contributed by atoms with Gasteiger partial charge in [0.05, 0.1) is 10.0 Å². The summed E-state index contributed by atoms with van der Waals surface area (Å²) in [7, 11) is 0. The third-order valence-electron chi connectivity index (χ3n) is 2.66. The fraction of sp³-hybridized carbons (Fsp3) is 0.154. The molecule has 1 heterocycles. The average Bonchev–Trinajstić information content (AvgIpc) is 2.40. The molecule has 2 rings (SSSR count). The first-order valence-electron chi connectivity index (χ1n) is 5.61. The van der Waals surface area contributed by atoms with Crippen LogP contribution in [0, 0.1) is 5.82 Å². The number of aromatic nitrogens is 1. The molecule has 0 spiro atoms. The summed E-state index contributed by atoms with van der Waals surface area (Å²) in [6.07, 6.45) is 1.05. The van der Waals surface area contributed by atoms with Gasteiger partial charge in [0.2, 0.25) is 0 Å². The summed E-state index contributed by atoms with van der Waals surface area (Å²) in [5, 5.41) is -0.0962. The highest BCUT2D eigenvalue weighted by Crippen LogP contribution is 2.34. The van der Waals surface area contributed by atoms with Gasteiger partial charge >= 0.3 is 0 Å². The van der Waals surface area contributed by atoms with Crippen LogP contribution in [0.5, 0.6) is 5.75 Å². The predicted octanol–water partition coefficient (Wildman–Crippen LogP) is 5.01. The Bertz CT molecular complexity index is 655. The van der Waals surface area contributed by atoms with E-state index in [9.17, 15) is 4.39 Å². The van der Waals surface area contributed by atoms with E-state index in [1.54, 1.807) is 25.3 Å². The molecule has 0 radical (unpaired) electrons. The maximum Gasteiger partial charge on any atom is 0.166 e. The quantitative estimate of drug-likeness (QED) is 0.762. The molecule has 20 heavy (non-hydrogen) atoms. The number of benzene rings is 1. The average molecular weight is 380 g/mol. The second-order valence-corrected chi connectivity index (χ2v) is 5.76. The van der Waals surface area contributed by atoms with Gasteiger partial charge < -0.3 is 10.5 Å². The summed E-state index contributed by atoms with van der Waals surface area (Å²) in [4.78, 5) is 3.96. The topological polar surface area (TPSA) is 48.1 Å². The van der Waals surface area contributed by atoms with Crippen LogP contribution in [0.2, 0.25) is 10.0 Å². The van der Waals surface area contributed by atoms with Crippen LogP contribution in [0.25, 0.3) is 0 Å². The highest BCUT2D eigenvalue weighted by atomic mass is 79.9. The van der Waals surface area contributed by atoms with Crippen LogP contribution >= 0.6 is 39.1 Å². The lowest BCUT2D eigenvalue weighted by Crippen LogP contribution is -2.07. The first-order chi connectivity index (χ1) is 9.40. The van der Waals surface area contributed by atoms with E-state index in [1.165, 1.54) is 6.07 Å². The Morgan fingerprint density at radius 1 is 1.40 bits per heavy atom. The molecule has 0 fully saturated rings. The van der Waals surface area contributed by atoms with Gasteiger partial charge in [0.1, 0.15) is 6.10 Å². The molecule has 0 saturated carbocycles. The van der Waals surface area contributed by atoms with Gasteiger partial charge in [-0.3, -0.25) is 0 Å². The Labute approximate surface area is 134 Å². The summed E-state index contributed by atoms with van der Waals surface area (Å²) >= 11 is 14.9. The van der Waals surface area contributed by atoms with Gasteiger partial charge in [-0.1, -0.05) is 29.3 Å². The molecule has 106 valence electrons. The minimum Gasteiger partial charge on any atom is -0.482 e. The summed E-state index contributed by atoms with van der Waals surface area (Å²) < 4.78 is 20.1. The molecule has 0 saturated heterocycles. The Balaban J connectivity index is 2.31. The summed E-state index contributed by atoms with van der Waals surface area (Å²) in [5.41, 5.74) is 6.20. The molecule has 0 aliphatic carbocycles. The first kappa shape index (κ1) is 15.4. The van der Waals surface area contributed by atoms with E-state index >= 15 is 0 Å². The molecule has 3 nitrogen and oxygen atoms in total. The number of halogens is 4. The van der Waals surface area contributed by atoms with E-state index in [4.69, 9.17) is 33.7 Å². The van der Waals surface area contributed by atoms with Gasteiger partial charge in [0, 0.05) is 16.2 Å². The number of hydrogen-bond donors (Lipinski definition) is 1. The Hall–Kier alpha value is -1.04. The number of nitrogens with zero attached hydrogens (tertiary/aromatic N) is 1. The molecule has 1 unspecified atom stereocenters. The second-order valence-electron chi connectivity index (χ2n) is 4.06. The van der Waals surface area contributed by atoms with Crippen LogP contribution in [0.4, 0.5) is 10.2 Å². The van der Waals surface area contributed by atoms with Crippen molar-refractivity contribution in [2.45, 2.75) is 13.0 Å². The van der Waals surface area contributed by atoms with Gasteiger partial charge in [0.25, 0.3) is 0 Å². The first-order valence-corrected chi connectivity index (χ1v) is 7.16. The lowest BCUT2D eigenvalue weighted by atomic mass is 10.1. The summed E-state index contributed by atoms with van der Waals surface area (Å²) in [6, 6.07) is 4.72. The normalized spacial score (nSPS) is 12.2. The Morgan fingerprint density at radius 3 is 2.80 bits per heavy atom. The lowest BCUT2D eigenvalue weighted by Gasteiger charge is -2.18. The largest absolute Gasteiger partial charge is 0.482 e. The van der Waals surface area contributed by atoms with Crippen molar-refractivity contribution < 1.29 is 9.13 Å². The highest BCUT2D eigenvalue weighted by molar-refractivity contribution is 9.10. The smallest absolute Gasteiger partial charge is 0.166 e. The lowest BCUT2D eigenvalue weighted by molar-refractivity contribution is 0.227. The summed E-state index contributed by atoms with van der Waals surface area (Å²) in [6.45, 7) is 1.73. The van der Waals surface area contributed by atoms with Gasteiger partial charge in [0.15, 0.2) is 17.4 Å². The fourth-order valence-electron chi connectivity index (χ4n) is 1.63. The van der Waals surface area contributed by atoms with Crippen LogP contribution < -0.4 is 10.5 Å². The van der Waals surface area contributed by atoms with Crippen LogP contribution in [0.1, 0.15) is 18.6 Å². The number of nitrogens with two attached hydrogens (primary N) is 1. The zero-order chi connectivity index (χ0) is 14.9.